The van der Waals surface area contributed by atoms with E-state index in [1.165, 1.54) is 0 Å². The molecule has 0 heterocycles. The maximum atomic E-state index is 11.9. The van der Waals surface area contributed by atoms with E-state index in [0.29, 0.717) is 11.3 Å². The van der Waals surface area contributed by atoms with Gasteiger partial charge in [-0.1, -0.05) is 17.9 Å². The van der Waals surface area contributed by atoms with Gasteiger partial charge in [0.1, 0.15) is 0 Å². The third-order valence-electron chi connectivity index (χ3n) is 2.14. The van der Waals surface area contributed by atoms with E-state index in [9.17, 15) is 8.42 Å². The molecular weight excluding hydrogens is 262 g/mol. The highest BCUT2D eigenvalue weighted by Crippen LogP contribution is 2.17. The van der Waals surface area contributed by atoms with E-state index in [1.54, 1.807) is 26.0 Å². The lowest BCUT2D eigenvalue weighted by atomic mass is 10.1. The predicted molar refractivity (Wildman–Crippen MR) is 77.9 cm³/mol. The van der Waals surface area contributed by atoms with Crippen molar-refractivity contribution >= 4 is 15.9 Å². The zero-order chi connectivity index (χ0) is 14.5. The summed E-state index contributed by atoms with van der Waals surface area (Å²) in [5.74, 6) is 5.56. The van der Waals surface area contributed by atoms with Crippen molar-refractivity contribution in [3.05, 3.63) is 29.3 Å². The first-order chi connectivity index (χ1) is 8.84. The van der Waals surface area contributed by atoms with Gasteiger partial charge in [0.2, 0.25) is 0 Å². The largest absolute Gasteiger partial charge is 0.320 e. The molecule has 19 heavy (non-hydrogen) atoms. The van der Waals surface area contributed by atoms with Gasteiger partial charge in [-0.2, -0.15) is 13.1 Å². The van der Waals surface area contributed by atoms with E-state index >= 15 is 0 Å². The van der Waals surface area contributed by atoms with E-state index in [4.69, 9.17) is 5.73 Å². The topological polar surface area (TPSA) is 84.2 Å². The second-order valence-corrected chi connectivity index (χ2v) is 5.88. The van der Waals surface area contributed by atoms with Gasteiger partial charge in [-0.15, -0.1) is 0 Å². The van der Waals surface area contributed by atoms with Gasteiger partial charge in [0.05, 0.1) is 12.2 Å². The average Bonchev–Trinajstić information content (AvgIpc) is 2.25. The molecule has 0 aliphatic carbocycles. The van der Waals surface area contributed by atoms with E-state index in [0.717, 1.165) is 5.56 Å². The molecule has 0 radical (unpaired) electrons. The van der Waals surface area contributed by atoms with E-state index < -0.39 is 10.2 Å². The number of anilines is 1. The molecule has 4 N–H and O–H groups in total. The molecule has 0 amide bonds. The number of hydrogen-bond donors (Lipinski definition) is 3. The quantitative estimate of drug-likeness (QED) is 0.719. The second kappa shape index (κ2) is 6.57. The lowest BCUT2D eigenvalue weighted by molar-refractivity contribution is 0.575. The fourth-order valence-corrected chi connectivity index (χ4v) is 2.62. The molecule has 0 aliphatic heterocycles. The van der Waals surface area contributed by atoms with Crippen LogP contribution in [0.3, 0.4) is 0 Å². The third kappa shape index (κ3) is 5.30. The predicted octanol–water partition coefficient (Wildman–Crippen LogP) is 0.960. The Balaban J connectivity index is 3.09. The van der Waals surface area contributed by atoms with Crippen LogP contribution in [-0.2, 0) is 10.2 Å². The van der Waals surface area contributed by atoms with Crippen molar-refractivity contribution in [2.24, 2.45) is 5.73 Å². The summed E-state index contributed by atoms with van der Waals surface area (Å²) in [6.45, 7) is 5.62. The summed E-state index contributed by atoms with van der Waals surface area (Å²) in [7, 11) is -3.60. The molecule has 0 spiro atoms. The molecular formula is C13H19N3O2S. The lowest BCUT2D eigenvalue weighted by Gasteiger charge is -2.13. The van der Waals surface area contributed by atoms with Crippen LogP contribution in [0.5, 0.6) is 0 Å². The zero-order valence-electron chi connectivity index (χ0n) is 11.3. The molecule has 0 saturated heterocycles. The number of rotatable bonds is 4. The molecule has 5 nitrogen and oxygen atoms in total. The van der Waals surface area contributed by atoms with Gasteiger partial charge in [0, 0.05) is 11.6 Å². The van der Waals surface area contributed by atoms with Gasteiger partial charge in [-0.05, 0) is 38.5 Å². The molecule has 1 rings (SSSR count). The molecule has 0 aromatic heterocycles. The van der Waals surface area contributed by atoms with Crippen LogP contribution in [-0.4, -0.2) is 21.0 Å². The molecule has 0 fully saturated rings. The number of hydrogen-bond acceptors (Lipinski definition) is 3. The minimum Gasteiger partial charge on any atom is -0.320 e. The van der Waals surface area contributed by atoms with Crippen LogP contribution in [0.1, 0.15) is 25.0 Å². The number of benzene rings is 1. The standard InChI is InChI=1S/C13H19N3O2S/c1-10(2)15-19(17,18)16-13-9-11(3)6-7-12(13)5-4-8-14/h6-7,9-10,15-16H,8,14H2,1-3H3. The normalized spacial score (nSPS) is 11.0. The van der Waals surface area contributed by atoms with Gasteiger partial charge in [0.15, 0.2) is 0 Å². The summed E-state index contributed by atoms with van der Waals surface area (Å²) < 4.78 is 28.6. The van der Waals surface area contributed by atoms with E-state index in [2.05, 4.69) is 21.3 Å². The molecule has 1 aromatic carbocycles. The fraction of sp³-hybridized carbons (Fsp3) is 0.385. The Bertz CT molecular complexity index is 598. The van der Waals surface area contributed by atoms with Crippen LogP contribution >= 0.6 is 0 Å². The second-order valence-electron chi connectivity index (χ2n) is 4.43. The first-order valence-electron chi connectivity index (χ1n) is 5.93. The Kier molecular flexibility index (Phi) is 5.36. The molecule has 104 valence electrons. The summed E-state index contributed by atoms with van der Waals surface area (Å²) in [5.41, 5.74) is 7.32. The smallest absolute Gasteiger partial charge is 0.299 e. The molecule has 1 aromatic rings. The minimum atomic E-state index is -3.60. The monoisotopic (exact) mass is 281 g/mol. The summed E-state index contributed by atoms with van der Waals surface area (Å²) in [6.07, 6.45) is 0. The highest BCUT2D eigenvalue weighted by Gasteiger charge is 2.13. The molecule has 6 heteroatoms. The van der Waals surface area contributed by atoms with Crippen LogP contribution in [0.25, 0.3) is 0 Å². The minimum absolute atomic E-state index is 0.180. The fourth-order valence-electron chi connectivity index (χ4n) is 1.48. The van der Waals surface area contributed by atoms with Crippen LogP contribution in [0, 0.1) is 18.8 Å². The van der Waals surface area contributed by atoms with E-state index in [1.807, 2.05) is 13.0 Å². The molecule has 0 aliphatic rings. The van der Waals surface area contributed by atoms with Gasteiger partial charge in [-0.3, -0.25) is 4.72 Å². The van der Waals surface area contributed by atoms with Crippen molar-refractivity contribution in [1.82, 2.24) is 4.72 Å². The maximum Gasteiger partial charge on any atom is 0.299 e. The SMILES string of the molecule is Cc1ccc(C#CCN)c(NS(=O)(=O)NC(C)C)c1. The number of nitrogens with one attached hydrogen (secondary N) is 2. The van der Waals surface area contributed by atoms with Gasteiger partial charge in [0.25, 0.3) is 10.2 Å². The Labute approximate surface area is 114 Å². The van der Waals surface area contributed by atoms with Gasteiger partial charge in [-0.25, -0.2) is 0 Å². The van der Waals surface area contributed by atoms with Crippen molar-refractivity contribution in [2.45, 2.75) is 26.8 Å². The van der Waals surface area contributed by atoms with Gasteiger partial charge < -0.3 is 5.73 Å². The molecule has 0 bridgehead atoms. The summed E-state index contributed by atoms with van der Waals surface area (Å²) >= 11 is 0. The highest BCUT2D eigenvalue weighted by atomic mass is 32.2. The first-order valence-corrected chi connectivity index (χ1v) is 7.42. The molecule has 0 saturated carbocycles. The van der Waals surface area contributed by atoms with Crippen molar-refractivity contribution in [2.75, 3.05) is 11.3 Å². The lowest BCUT2D eigenvalue weighted by Crippen LogP contribution is -2.35. The van der Waals surface area contributed by atoms with Crippen molar-refractivity contribution < 1.29 is 8.42 Å². The Morgan fingerprint density at radius 3 is 2.63 bits per heavy atom. The number of nitrogens with two attached hydrogens (primary N) is 1. The van der Waals surface area contributed by atoms with Crippen LogP contribution in [0.2, 0.25) is 0 Å². The summed E-state index contributed by atoms with van der Waals surface area (Å²) in [4.78, 5) is 0. The maximum absolute atomic E-state index is 11.9. The highest BCUT2D eigenvalue weighted by molar-refractivity contribution is 7.90. The zero-order valence-corrected chi connectivity index (χ0v) is 12.1. The van der Waals surface area contributed by atoms with E-state index in [-0.39, 0.29) is 12.6 Å². The van der Waals surface area contributed by atoms with Crippen molar-refractivity contribution in [3.63, 3.8) is 0 Å². The Morgan fingerprint density at radius 2 is 2.05 bits per heavy atom. The summed E-state index contributed by atoms with van der Waals surface area (Å²) in [5, 5.41) is 0. The Hall–Kier alpha value is -1.55. The van der Waals surface area contributed by atoms with Crippen molar-refractivity contribution in [3.8, 4) is 11.8 Å². The van der Waals surface area contributed by atoms with Crippen LogP contribution in [0.15, 0.2) is 18.2 Å². The van der Waals surface area contributed by atoms with Crippen molar-refractivity contribution in [1.29, 1.82) is 0 Å². The number of aryl methyl sites for hydroxylation is 1. The first kappa shape index (κ1) is 15.5. The Morgan fingerprint density at radius 1 is 1.37 bits per heavy atom. The third-order valence-corrected chi connectivity index (χ3v) is 3.41. The average molecular weight is 281 g/mol. The van der Waals surface area contributed by atoms with Crippen LogP contribution < -0.4 is 15.2 Å². The molecule has 0 atom stereocenters. The van der Waals surface area contributed by atoms with Gasteiger partial charge >= 0.3 is 0 Å². The summed E-state index contributed by atoms with van der Waals surface area (Å²) in [6, 6.07) is 5.19. The van der Waals surface area contributed by atoms with Crippen LogP contribution in [0.4, 0.5) is 5.69 Å². The molecule has 0 unspecified atom stereocenters.